The van der Waals surface area contributed by atoms with Crippen LogP contribution >= 0.6 is 0 Å². The smallest absolute Gasteiger partial charge is 0.236 e. The standard InChI is InChI=1S/C16H18N2O2S/c19-21(20,14-10-11-17-12-14)18-16-9-5-4-8-15(16)13-6-2-1-3-7-13/h1-9,14,17-18H,10-12H2. The fourth-order valence-electron chi connectivity index (χ4n) is 2.57. The summed E-state index contributed by atoms with van der Waals surface area (Å²) in [5.41, 5.74) is 2.53. The summed E-state index contributed by atoms with van der Waals surface area (Å²) >= 11 is 0. The Balaban J connectivity index is 1.93. The lowest BCUT2D eigenvalue weighted by Crippen LogP contribution is -2.29. The van der Waals surface area contributed by atoms with E-state index in [0.29, 0.717) is 18.7 Å². The summed E-state index contributed by atoms with van der Waals surface area (Å²) in [4.78, 5) is 0. The number of hydrogen-bond acceptors (Lipinski definition) is 3. The molecule has 0 amide bonds. The Morgan fingerprint density at radius 3 is 2.43 bits per heavy atom. The average Bonchev–Trinajstić information content (AvgIpc) is 3.03. The summed E-state index contributed by atoms with van der Waals surface area (Å²) in [6.07, 6.45) is 0.656. The van der Waals surface area contributed by atoms with Crippen molar-refractivity contribution >= 4 is 15.7 Å². The number of sulfonamides is 1. The minimum Gasteiger partial charge on any atom is -0.315 e. The van der Waals surface area contributed by atoms with Gasteiger partial charge in [-0.3, -0.25) is 4.72 Å². The third-order valence-corrected chi connectivity index (χ3v) is 5.50. The van der Waals surface area contributed by atoms with Gasteiger partial charge in [0.2, 0.25) is 10.0 Å². The summed E-state index contributed by atoms with van der Waals surface area (Å²) in [6.45, 7) is 1.27. The molecule has 4 nitrogen and oxygen atoms in total. The molecule has 1 aliphatic rings. The zero-order valence-corrected chi connectivity index (χ0v) is 12.4. The molecule has 21 heavy (non-hydrogen) atoms. The molecule has 0 aromatic heterocycles. The van der Waals surface area contributed by atoms with Crippen molar-refractivity contribution in [2.75, 3.05) is 17.8 Å². The van der Waals surface area contributed by atoms with E-state index in [1.165, 1.54) is 0 Å². The van der Waals surface area contributed by atoms with E-state index in [0.717, 1.165) is 17.7 Å². The van der Waals surface area contributed by atoms with E-state index in [9.17, 15) is 8.42 Å². The Labute approximate surface area is 125 Å². The minimum atomic E-state index is -3.36. The zero-order valence-electron chi connectivity index (χ0n) is 11.6. The summed E-state index contributed by atoms with van der Waals surface area (Å²) in [5, 5.41) is 2.73. The molecular formula is C16H18N2O2S. The largest absolute Gasteiger partial charge is 0.315 e. The van der Waals surface area contributed by atoms with Crippen LogP contribution in [0.2, 0.25) is 0 Å². The Kier molecular flexibility index (Phi) is 3.94. The van der Waals surface area contributed by atoms with Crippen molar-refractivity contribution in [1.29, 1.82) is 0 Å². The molecule has 0 radical (unpaired) electrons. The van der Waals surface area contributed by atoms with Crippen molar-refractivity contribution in [3.05, 3.63) is 54.6 Å². The average molecular weight is 302 g/mol. The number of anilines is 1. The van der Waals surface area contributed by atoms with E-state index in [-0.39, 0.29) is 5.25 Å². The molecule has 0 aliphatic carbocycles. The van der Waals surface area contributed by atoms with Gasteiger partial charge in [0.1, 0.15) is 0 Å². The Hall–Kier alpha value is -1.85. The zero-order chi connectivity index (χ0) is 14.7. The van der Waals surface area contributed by atoms with E-state index in [1.54, 1.807) is 0 Å². The first kappa shape index (κ1) is 14.1. The quantitative estimate of drug-likeness (QED) is 0.912. The summed E-state index contributed by atoms with van der Waals surface area (Å²) in [6, 6.07) is 17.3. The highest BCUT2D eigenvalue weighted by atomic mass is 32.2. The molecule has 0 saturated carbocycles. The third kappa shape index (κ3) is 3.09. The molecule has 2 N–H and O–H groups in total. The normalized spacial score (nSPS) is 18.6. The van der Waals surface area contributed by atoms with Crippen LogP contribution in [0.5, 0.6) is 0 Å². The first-order valence-corrected chi connectivity index (χ1v) is 8.58. The van der Waals surface area contributed by atoms with Crippen LogP contribution in [-0.2, 0) is 10.0 Å². The van der Waals surface area contributed by atoms with Gasteiger partial charge in [-0.25, -0.2) is 8.42 Å². The second kappa shape index (κ2) is 5.87. The number of benzene rings is 2. The lowest BCUT2D eigenvalue weighted by molar-refractivity contribution is 0.588. The first-order chi connectivity index (χ1) is 10.2. The Morgan fingerprint density at radius 1 is 1.00 bits per heavy atom. The molecular weight excluding hydrogens is 284 g/mol. The van der Waals surface area contributed by atoms with Crippen molar-refractivity contribution in [1.82, 2.24) is 5.32 Å². The van der Waals surface area contributed by atoms with Crippen molar-refractivity contribution in [3.8, 4) is 11.1 Å². The molecule has 3 rings (SSSR count). The second-order valence-corrected chi connectivity index (χ2v) is 7.13. The fraction of sp³-hybridized carbons (Fsp3) is 0.250. The second-order valence-electron chi connectivity index (χ2n) is 5.17. The number of para-hydroxylation sites is 1. The lowest BCUT2D eigenvalue weighted by atomic mass is 10.0. The maximum absolute atomic E-state index is 12.4. The highest BCUT2D eigenvalue weighted by molar-refractivity contribution is 7.93. The molecule has 1 aliphatic heterocycles. The number of rotatable bonds is 4. The SMILES string of the molecule is O=S(=O)(Nc1ccccc1-c1ccccc1)C1CCNC1. The molecule has 1 saturated heterocycles. The molecule has 2 aromatic carbocycles. The van der Waals surface area contributed by atoms with E-state index >= 15 is 0 Å². The van der Waals surface area contributed by atoms with Gasteiger partial charge in [0.15, 0.2) is 0 Å². The molecule has 2 aromatic rings. The van der Waals surface area contributed by atoms with E-state index in [1.807, 2.05) is 54.6 Å². The molecule has 5 heteroatoms. The molecule has 110 valence electrons. The monoisotopic (exact) mass is 302 g/mol. The van der Waals surface area contributed by atoms with Crippen LogP contribution in [0.1, 0.15) is 6.42 Å². The van der Waals surface area contributed by atoms with Gasteiger partial charge < -0.3 is 5.32 Å². The number of nitrogens with one attached hydrogen (secondary N) is 2. The molecule has 0 bridgehead atoms. The van der Waals surface area contributed by atoms with Gasteiger partial charge in [0.25, 0.3) is 0 Å². The van der Waals surface area contributed by atoms with Crippen LogP contribution in [0.4, 0.5) is 5.69 Å². The van der Waals surface area contributed by atoms with Gasteiger partial charge in [-0.15, -0.1) is 0 Å². The maximum Gasteiger partial charge on any atom is 0.236 e. The summed E-state index contributed by atoms with van der Waals surface area (Å²) in [7, 11) is -3.36. The maximum atomic E-state index is 12.4. The highest BCUT2D eigenvalue weighted by Crippen LogP contribution is 2.29. The molecule has 1 heterocycles. The molecule has 1 fully saturated rings. The highest BCUT2D eigenvalue weighted by Gasteiger charge is 2.29. The molecule has 0 spiro atoms. The van der Waals surface area contributed by atoms with Crippen molar-refractivity contribution in [2.24, 2.45) is 0 Å². The first-order valence-electron chi connectivity index (χ1n) is 7.03. The van der Waals surface area contributed by atoms with Gasteiger partial charge in [-0.05, 0) is 24.6 Å². The summed E-state index contributed by atoms with van der Waals surface area (Å²) in [5.74, 6) is 0. The molecule has 1 atom stereocenters. The van der Waals surface area contributed by atoms with Gasteiger partial charge in [-0.2, -0.15) is 0 Å². The van der Waals surface area contributed by atoms with E-state index in [2.05, 4.69) is 10.0 Å². The molecule has 1 unspecified atom stereocenters. The van der Waals surface area contributed by atoms with Crippen molar-refractivity contribution in [2.45, 2.75) is 11.7 Å². The minimum absolute atomic E-state index is 0.360. The number of hydrogen-bond donors (Lipinski definition) is 2. The van der Waals surface area contributed by atoms with Crippen molar-refractivity contribution in [3.63, 3.8) is 0 Å². The van der Waals surface area contributed by atoms with Crippen LogP contribution in [0.25, 0.3) is 11.1 Å². The lowest BCUT2D eigenvalue weighted by Gasteiger charge is -2.16. The van der Waals surface area contributed by atoms with Crippen LogP contribution < -0.4 is 10.0 Å². The van der Waals surface area contributed by atoms with Gasteiger partial charge in [-0.1, -0.05) is 48.5 Å². The van der Waals surface area contributed by atoms with Crippen LogP contribution in [0.15, 0.2) is 54.6 Å². The topological polar surface area (TPSA) is 58.2 Å². The van der Waals surface area contributed by atoms with E-state index in [4.69, 9.17) is 0 Å². The third-order valence-electron chi connectivity index (χ3n) is 3.72. The Morgan fingerprint density at radius 2 is 1.71 bits per heavy atom. The van der Waals surface area contributed by atoms with Crippen LogP contribution in [0, 0.1) is 0 Å². The van der Waals surface area contributed by atoms with Crippen molar-refractivity contribution < 1.29 is 8.42 Å². The predicted molar refractivity (Wildman–Crippen MR) is 85.7 cm³/mol. The van der Waals surface area contributed by atoms with Crippen LogP contribution in [-0.4, -0.2) is 26.8 Å². The van der Waals surface area contributed by atoms with Gasteiger partial charge in [0.05, 0.1) is 10.9 Å². The fourth-order valence-corrected chi connectivity index (χ4v) is 3.99. The van der Waals surface area contributed by atoms with E-state index < -0.39 is 10.0 Å². The summed E-state index contributed by atoms with van der Waals surface area (Å²) < 4.78 is 27.6. The van der Waals surface area contributed by atoms with Gasteiger partial charge >= 0.3 is 0 Å². The van der Waals surface area contributed by atoms with Gasteiger partial charge in [0, 0.05) is 12.1 Å². The Bertz CT molecular complexity index is 708. The van der Waals surface area contributed by atoms with Crippen LogP contribution in [0.3, 0.4) is 0 Å². The predicted octanol–water partition coefficient (Wildman–Crippen LogP) is 2.46.